The van der Waals surface area contributed by atoms with Gasteiger partial charge in [-0.1, -0.05) is 18.2 Å². The highest BCUT2D eigenvalue weighted by molar-refractivity contribution is 5.94. The quantitative estimate of drug-likeness (QED) is 0.458. The molecule has 0 amide bonds. The van der Waals surface area contributed by atoms with Crippen molar-refractivity contribution in [2.75, 3.05) is 0 Å². The summed E-state index contributed by atoms with van der Waals surface area (Å²) in [5.41, 5.74) is 7.36. The Kier molecular flexibility index (Phi) is 3.20. The molecule has 4 nitrogen and oxygen atoms in total. The highest BCUT2D eigenvalue weighted by Crippen LogP contribution is 2.24. The van der Waals surface area contributed by atoms with Crippen LogP contribution >= 0.6 is 12.4 Å². The van der Waals surface area contributed by atoms with Crippen molar-refractivity contribution in [3.8, 4) is 0 Å². The molecule has 0 radical (unpaired) electrons. The molecule has 0 saturated heterocycles. The Morgan fingerprint density at radius 1 is 0.696 bits per heavy atom. The number of hydrogen-bond acceptors (Lipinski definition) is 4. The molecular formula is C18H13ClN4. The number of fused-ring (bicyclic) bond motifs is 4. The number of halogens is 1. The first-order chi connectivity index (χ1) is 10.9. The van der Waals surface area contributed by atoms with Crippen LogP contribution in [0, 0.1) is 0 Å². The van der Waals surface area contributed by atoms with Crippen LogP contribution < -0.4 is 0 Å². The summed E-state index contributed by atoms with van der Waals surface area (Å²) < 4.78 is 0. The molecule has 0 spiro atoms. The van der Waals surface area contributed by atoms with E-state index in [2.05, 4.69) is 12.2 Å². The Bertz CT molecular complexity index is 1090. The molecule has 0 unspecified atom stereocenters. The minimum Gasteiger partial charge on any atom is -0.249 e. The molecule has 4 aromatic rings. The zero-order valence-electron chi connectivity index (χ0n) is 12.2. The van der Waals surface area contributed by atoms with Crippen LogP contribution in [-0.2, 0) is 6.42 Å². The van der Waals surface area contributed by atoms with Gasteiger partial charge >= 0.3 is 0 Å². The maximum atomic E-state index is 4.76. The summed E-state index contributed by atoms with van der Waals surface area (Å²) in [5.74, 6) is 0. The Morgan fingerprint density at radius 3 is 2.00 bits per heavy atom. The van der Waals surface area contributed by atoms with Crippen molar-refractivity contribution in [1.29, 1.82) is 0 Å². The fraction of sp³-hybridized carbons (Fsp3) is 0.111. The lowest BCUT2D eigenvalue weighted by Crippen LogP contribution is -2.02. The molecule has 1 aliphatic rings. The van der Waals surface area contributed by atoms with Crippen LogP contribution in [0.5, 0.6) is 0 Å². The minimum absolute atomic E-state index is 0. The molecule has 2 aromatic carbocycles. The van der Waals surface area contributed by atoms with Gasteiger partial charge in [0.25, 0.3) is 0 Å². The van der Waals surface area contributed by atoms with Gasteiger partial charge in [-0.05, 0) is 43.2 Å². The predicted molar refractivity (Wildman–Crippen MR) is 94.7 cm³/mol. The molecule has 5 rings (SSSR count). The molecule has 2 heterocycles. The van der Waals surface area contributed by atoms with E-state index in [1.165, 1.54) is 0 Å². The van der Waals surface area contributed by atoms with Crippen molar-refractivity contribution in [3.63, 3.8) is 0 Å². The summed E-state index contributed by atoms with van der Waals surface area (Å²) in [7, 11) is 0. The average molecular weight is 321 g/mol. The Morgan fingerprint density at radius 2 is 1.30 bits per heavy atom. The van der Waals surface area contributed by atoms with E-state index in [0.29, 0.717) is 0 Å². The topological polar surface area (TPSA) is 51.6 Å². The van der Waals surface area contributed by atoms with Gasteiger partial charge in [0.1, 0.15) is 0 Å². The van der Waals surface area contributed by atoms with Gasteiger partial charge in [0, 0.05) is 0 Å². The van der Waals surface area contributed by atoms with Crippen molar-refractivity contribution >= 4 is 51.6 Å². The molecule has 112 valence electrons. The second-order valence-electron chi connectivity index (χ2n) is 5.54. The highest BCUT2D eigenvalue weighted by atomic mass is 35.5. The molecule has 0 atom stereocenters. The largest absolute Gasteiger partial charge is 0.249 e. The van der Waals surface area contributed by atoms with E-state index in [1.807, 2.05) is 36.4 Å². The van der Waals surface area contributed by atoms with Crippen molar-refractivity contribution in [3.05, 3.63) is 53.9 Å². The third-order valence-electron chi connectivity index (χ3n) is 4.05. The standard InChI is InChI=1S/C18H12N4.ClH/c1-2-6-12-11(5-1)19-15-9-17-18(10-16(15)20-12)22-14-8-4-3-7-13(14)21-17;/h1-3,5-7,9-10H,4,8H2;1H. The molecule has 5 heteroatoms. The summed E-state index contributed by atoms with van der Waals surface area (Å²) in [4.78, 5) is 18.9. The maximum absolute atomic E-state index is 4.76. The predicted octanol–water partition coefficient (Wildman–Crippen LogP) is 4.11. The Labute approximate surface area is 138 Å². The second kappa shape index (κ2) is 5.25. The van der Waals surface area contributed by atoms with Gasteiger partial charge in [0.2, 0.25) is 0 Å². The lowest BCUT2D eigenvalue weighted by atomic mass is 10.1. The van der Waals surface area contributed by atoms with Crippen molar-refractivity contribution in [2.24, 2.45) is 0 Å². The number of allylic oxidation sites excluding steroid dienone is 1. The number of nitrogens with zero attached hydrogens (tertiary/aromatic N) is 4. The second-order valence-corrected chi connectivity index (χ2v) is 5.54. The van der Waals surface area contributed by atoms with Gasteiger partial charge in [0.05, 0.1) is 44.5 Å². The summed E-state index contributed by atoms with van der Waals surface area (Å²) in [6.07, 6.45) is 6.19. The van der Waals surface area contributed by atoms with E-state index in [0.717, 1.165) is 57.3 Å². The average Bonchev–Trinajstić information content (AvgIpc) is 2.56. The number of aromatic nitrogens is 4. The van der Waals surface area contributed by atoms with Crippen LogP contribution in [0.4, 0.5) is 0 Å². The zero-order chi connectivity index (χ0) is 14.5. The Balaban J connectivity index is 0.00000135. The summed E-state index contributed by atoms with van der Waals surface area (Å²) in [6.45, 7) is 0. The smallest absolute Gasteiger partial charge is 0.0917 e. The van der Waals surface area contributed by atoms with E-state index in [1.54, 1.807) is 0 Å². The molecule has 1 aliphatic carbocycles. The molecule has 0 N–H and O–H groups in total. The van der Waals surface area contributed by atoms with Gasteiger partial charge in [0.15, 0.2) is 0 Å². The van der Waals surface area contributed by atoms with Crippen molar-refractivity contribution in [1.82, 2.24) is 19.9 Å². The summed E-state index contributed by atoms with van der Waals surface area (Å²) in [5, 5.41) is 0. The fourth-order valence-electron chi connectivity index (χ4n) is 2.96. The van der Waals surface area contributed by atoms with Gasteiger partial charge < -0.3 is 0 Å². The first-order valence-corrected chi connectivity index (χ1v) is 7.40. The first-order valence-electron chi connectivity index (χ1n) is 7.40. The molecule has 0 saturated carbocycles. The van der Waals surface area contributed by atoms with Crippen LogP contribution in [0.2, 0.25) is 0 Å². The number of hydrogen-bond donors (Lipinski definition) is 0. The van der Waals surface area contributed by atoms with Gasteiger partial charge in [-0.15, -0.1) is 12.4 Å². The van der Waals surface area contributed by atoms with Gasteiger partial charge in [-0.2, -0.15) is 0 Å². The highest BCUT2D eigenvalue weighted by Gasteiger charge is 2.11. The third kappa shape index (κ3) is 2.23. The van der Waals surface area contributed by atoms with E-state index in [-0.39, 0.29) is 12.4 Å². The van der Waals surface area contributed by atoms with Crippen LogP contribution in [0.1, 0.15) is 17.8 Å². The molecule has 0 aliphatic heterocycles. The van der Waals surface area contributed by atoms with Gasteiger partial charge in [-0.3, -0.25) is 0 Å². The third-order valence-corrected chi connectivity index (χ3v) is 4.05. The molecule has 0 bridgehead atoms. The molecular weight excluding hydrogens is 308 g/mol. The lowest BCUT2D eigenvalue weighted by Gasteiger charge is -2.10. The maximum Gasteiger partial charge on any atom is 0.0917 e. The van der Waals surface area contributed by atoms with Crippen LogP contribution in [-0.4, -0.2) is 19.9 Å². The molecule has 23 heavy (non-hydrogen) atoms. The monoisotopic (exact) mass is 320 g/mol. The number of aryl methyl sites for hydroxylation is 1. The van der Waals surface area contributed by atoms with E-state index in [4.69, 9.17) is 19.9 Å². The first kappa shape index (κ1) is 14.0. The lowest BCUT2D eigenvalue weighted by molar-refractivity contribution is 0.920. The zero-order valence-corrected chi connectivity index (χ0v) is 13.0. The van der Waals surface area contributed by atoms with E-state index in [9.17, 15) is 0 Å². The van der Waals surface area contributed by atoms with Crippen molar-refractivity contribution < 1.29 is 0 Å². The fourth-order valence-corrected chi connectivity index (χ4v) is 2.96. The number of benzene rings is 2. The minimum atomic E-state index is 0. The summed E-state index contributed by atoms with van der Waals surface area (Å²) >= 11 is 0. The van der Waals surface area contributed by atoms with Gasteiger partial charge in [-0.25, -0.2) is 19.9 Å². The van der Waals surface area contributed by atoms with Crippen molar-refractivity contribution in [2.45, 2.75) is 12.8 Å². The molecule has 0 fully saturated rings. The molecule has 2 aromatic heterocycles. The van der Waals surface area contributed by atoms with E-state index >= 15 is 0 Å². The van der Waals surface area contributed by atoms with Crippen LogP contribution in [0.3, 0.4) is 0 Å². The number of para-hydroxylation sites is 2. The SMILES string of the molecule is C1=Cc2nc3cc4nc5ccccc5nc4cc3nc2CC1.Cl. The van der Waals surface area contributed by atoms with Crippen LogP contribution in [0.25, 0.3) is 39.2 Å². The normalized spacial score (nSPS) is 13.2. The number of rotatable bonds is 0. The van der Waals surface area contributed by atoms with E-state index < -0.39 is 0 Å². The summed E-state index contributed by atoms with van der Waals surface area (Å²) in [6, 6.07) is 11.9. The Hall–Kier alpha value is -2.59. The van der Waals surface area contributed by atoms with Crippen LogP contribution in [0.15, 0.2) is 42.5 Å².